The fourth-order valence-corrected chi connectivity index (χ4v) is 1.76. The summed E-state index contributed by atoms with van der Waals surface area (Å²) in [4.78, 5) is 10.7. The lowest BCUT2D eigenvalue weighted by atomic mass is 10.0. The summed E-state index contributed by atoms with van der Waals surface area (Å²) < 4.78 is 0.794. The number of benzene rings is 1. The van der Waals surface area contributed by atoms with Gasteiger partial charge in [0.25, 0.3) is 0 Å². The summed E-state index contributed by atoms with van der Waals surface area (Å²) in [6.07, 6.45) is -2.22. The second-order valence-corrected chi connectivity index (χ2v) is 4.64. The number of rotatable bonds is 4. The number of hydrogen-bond donors (Lipinski definition) is 4. The maximum Gasteiger partial charge on any atom is 0.216 e. The van der Waals surface area contributed by atoms with Crippen molar-refractivity contribution in [2.24, 2.45) is 0 Å². The standard InChI is InChI=1S/C11H15BrN2O3/c1-6(15)14-5-10(16)11(17)8-3-2-7(12)4-9(8)13/h2-4,10-11,16-17H,5,13H2,1H3,(H,14,15). The molecule has 1 aromatic carbocycles. The van der Waals surface area contributed by atoms with Crippen molar-refractivity contribution in [1.82, 2.24) is 5.32 Å². The average molecular weight is 303 g/mol. The second-order valence-electron chi connectivity index (χ2n) is 3.72. The van der Waals surface area contributed by atoms with Crippen LogP contribution in [0.4, 0.5) is 5.69 Å². The zero-order valence-electron chi connectivity index (χ0n) is 9.35. The quantitative estimate of drug-likeness (QED) is 0.611. The molecule has 0 radical (unpaired) electrons. The zero-order chi connectivity index (χ0) is 13.0. The van der Waals surface area contributed by atoms with Gasteiger partial charge in [0, 0.05) is 29.2 Å². The number of nitrogen functional groups attached to an aromatic ring is 1. The van der Waals surface area contributed by atoms with E-state index in [-0.39, 0.29) is 12.5 Å². The van der Waals surface area contributed by atoms with Crippen LogP contribution in [-0.4, -0.2) is 28.8 Å². The molecule has 1 rings (SSSR count). The zero-order valence-corrected chi connectivity index (χ0v) is 10.9. The van der Waals surface area contributed by atoms with Crippen molar-refractivity contribution in [3.8, 4) is 0 Å². The van der Waals surface area contributed by atoms with Crippen LogP contribution >= 0.6 is 15.9 Å². The van der Waals surface area contributed by atoms with Crippen molar-refractivity contribution < 1.29 is 15.0 Å². The molecule has 1 aromatic rings. The first-order chi connectivity index (χ1) is 7.91. The maximum atomic E-state index is 10.7. The van der Waals surface area contributed by atoms with E-state index in [0.717, 1.165) is 4.47 Å². The van der Waals surface area contributed by atoms with Gasteiger partial charge in [-0.15, -0.1) is 0 Å². The number of aliphatic hydroxyl groups excluding tert-OH is 2. The molecule has 1 amide bonds. The summed E-state index contributed by atoms with van der Waals surface area (Å²) in [7, 11) is 0. The number of amides is 1. The van der Waals surface area contributed by atoms with Gasteiger partial charge in [0.1, 0.15) is 12.2 Å². The Morgan fingerprint density at radius 3 is 2.71 bits per heavy atom. The Morgan fingerprint density at radius 1 is 1.53 bits per heavy atom. The minimum Gasteiger partial charge on any atom is -0.398 e. The molecule has 5 nitrogen and oxygen atoms in total. The molecule has 0 saturated carbocycles. The third-order valence-corrected chi connectivity index (χ3v) is 2.79. The van der Waals surface area contributed by atoms with E-state index in [1.165, 1.54) is 6.92 Å². The number of anilines is 1. The van der Waals surface area contributed by atoms with Gasteiger partial charge in [-0.05, 0) is 12.1 Å². The largest absolute Gasteiger partial charge is 0.398 e. The highest BCUT2D eigenvalue weighted by atomic mass is 79.9. The summed E-state index contributed by atoms with van der Waals surface area (Å²) in [5, 5.41) is 22.0. The molecule has 2 atom stereocenters. The minimum atomic E-state index is -1.13. The highest BCUT2D eigenvalue weighted by Crippen LogP contribution is 2.26. The smallest absolute Gasteiger partial charge is 0.216 e. The molecule has 0 fully saturated rings. The molecular weight excluding hydrogens is 288 g/mol. The van der Waals surface area contributed by atoms with Crippen molar-refractivity contribution in [1.29, 1.82) is 0 Å². The fraction of sp³-hybridized carbons (Fsp3) is 0.364. The lowest BCUT2D eigenvalue weighted by molar-refractivity contribution is -0.119. The summed E-state index contributed by atoms with van der Waals surface area (Å²) in [5.41, 5.74) is 6.55. The molecule has 5 N–H and O–H groups in total. The second kappa shape index (κ2) is 6.00. The van der Waals surface area contributed by atoms with E-state index in [1.54, 1.807) is 18.2 Å². The Bertz CT molecular complexity index is 412. The van der Waals surface area contributed by atoms with E-state index in [1.807, 2.05) is 0 Å². The molecule has 0 saturated heterocycles. The number of hydrogen-bond acceptors (Lipinski definition) is 4. The van der Waals surface area contributed by atoms with Crippen molar-refractivity contribution in [3.63, 3.8) is 0 Å². The first-order valence-corrected chi connectivity index (χ1v) is 5.86. The van der Waals surface area contributed by atoms with Crippen LogP contribution in [-0.2, 0) is 4.79 Å². The molecule has 0 aliphatic heterocycles. The molecule has 0 aliphatic rings. The lowest BCUT2D eigenvalue weighted by Gasteiger charge is -2.19. The Labute approximate surface area is 108 Å². The molecular formula is C11H15BrN2O3. The highest BCUT2D eigenvalue weighted by molar-refractivity contribution is 9.10. The van der Waals surface area contributed by atoms with Gasteiger partial charge in [0.15, 0.2) is 0 Å². The van der Waals surface area contributed by atoms with Gasteiger partial charge in [0.05, 0.1) is 0 Å². The molecule has 0 aromatic heterocycles. The SMILES string of the molecule is CC(=O)NCC(O)C(O)c1ccc(Br)cc1N. The van der Waals surface area contributed by atoms with Gasteiger partial charge >= 0.3 is 0 Å². The molecule has 17 heavy (non-hydrogen) atoms. The number of halogens is 1. The normalized spacial score (nSPS) is 14.1. The van der Waals surface area contributed by atoms with Gasteiger partial charge < -0.3 is 21.3 Å². The Morgan fingerprint density at radius 2 is 2.18 bits per heavy atom. The van der Waals surface area contributed by atoms with Crippen LogP contribution in [0, 0.1) is 0 Å². The van der Waals surface area contributed by atoms with Crippen molar-refractivity contribution in [2.45, 2.75) is 19.1 Å². The van der Waals surface area contributed by atoms with E-state index in [2.05, 4.69) is 21.2 Å². The summed E-state index contributed by atoms with van der Waals surface area (Å²) in [5.74, 6) is -0.264. The number of carbonyl (C=O) groups is 1. The predicted octanol–water partition coefficient (Wildman–Crippen LogP) is 0.562. The van der Waals surface area contributed by atoms with E-state index in [0.29, 0.717) is 11.3 Å². The number of carbonyl (C=O) groups excluding carboxylic acids is 1. The van der Waals surface area contributed by atoms with Crippen LogP contribution in [0.15, 0.2) is 22.7 Å². The molecule has 94 valence electrons. The van der Waals surface area contributed by atoms with Crippen molar-refractivity contribution in [3.05, 3.63) is 28.2 Å². The number of aliphatic hydroxyl groups is 2. The fourth-order valence-electron chi connectivity index (χ4n) is 1.38. The summed E-state index contributed by atoms with van der Waals surface area (Å²) >= 11 is 3.25. The molecule has 0 spiro atoms. The van der Waals surface area contributed by atoms with Gasteiger partial charge in [-0.25, -0.2) is 0 Å². The number of nitrogens with two attached hydrogens (primary N) is 1. The lowest BCUT2D eigenvalue weighted by Crippen LogP contribution is -2.34. The van der Waals surface area contributed by atoms with Gasteiger partial charge in [-0.3, -0.25) is 4.79 Å². The molecule has 0 bridgehead atoms. The molecule has 6 heteroatoms. The van der Waals surface area contributed by atoms with E-state index in [4.69, 9.17) is 5.73 Å². The Hall–Kier alpha value is -1.11. The first-order valence-electron chi connectivity index (χ1n) is 5.07. The average Bonchev–Trinajstić information content (AvgIpc) is 2.25. The molecule has 0 heterocycles. The minimum absolute atomic E-state index is 0.0218. The Kier molecular flexibility index (Phi) is 4.92. The first kappa shape index (κ1) is 14.0. The van der Waals surface area contributed by atoms with Crippen molar-refractivity contribution >= 4 is 27.5 Å². The van der Waals surface area contributed by atoms with E-state index >= 15 is 0 Å². The van der Waals surface area contributed by atoms with Crippen LogP contribution < -0.4 is 11.1 Å². The highest BCUT2D eigenvalue weighted by Gasteiger charge is 2.20. The summed E-state index contributed by atoms with van der Waals surface area (Å²) in [6, 6.07) is 4.99. The van der Waals surface area contributed by atoms with E-state index in [9.17, 15) is 15.0 Å². The van der Waals surface area contributed by atoms with Crippen LogP contribution in [0.5, 0.6) is 0 Å². The third kappa shape index (κ3) is 3.99. The van der Waals surface area contributed by atoms with Crippen LogP contribution in [0.2, 0.25) is 0 Å². The van der Waals surface area contributed by atoms with E-state index < -0.39 is 12.2 Å². The molecule has 0 aliphatic carbocycles. The predicted molar refractivity (Wildman–Crippen MR) is 68.2 cm³/mol. The number of nitrogens with one attached hydrogen (secondary N) is 1. The topological polar surface area (TPSA) is 95.6 Å². The summed E-state index contributed by atoms with van der Waals surface area (Å²) in [6.45, 7) is 1.32. The maximum absolute atomic E-state index is 10.7. The van der Waals surface area contributed by atoms with Gasteiger partial charge in [-0.2, -0.15) is 0 Å². The van der Waals surface area contributed by atoms with Crippen LogP contribution in [0.25, 0.3) is 0 Å². The van der Waals surface area contributed by atoms with Crippen LogP contribution in [0.1, 0.15) is 18.6 Å². The Balaban J connectivity index is 2.74. The van der Waals surface area contributed by atoms with Gasteiger partial charge in [0.2, 0.25) is 5.91 Å². The van der Waals surface area contributed by atoms with Crippen LogP contribution in [0.3, 0.4) is 0 Å². The monoisotopic (exact) mass is 302 g/mol. The van der Waals surface area contributed by atoms with Crippen molar-refractivity contribution in [2.75, 3.05) is 12.3 Å². The molecule has 2 unspecified atom stereocenters. The van der Waals surface area contributed by atoms with Gasteiger partial charge in [-0.1, -0.05) is 22.0 Å². The third-order valence-electron chi connectivity index (χ3n) is 2.29.